The number of nitrogens with zero attached hydrogens (tertiary/aromatic N) is 2. The Morgan fingerprint density at radius 1 is 0.795 bits per heavy atom. The Kier molecular flexibility index (Phi) is 9.21. The first-order valence-electron chi connectivity index (χ1n) is 14.9. The van der Waals surface area contributed by atoms with Crippen LogP contribution in [-0.2, 0) is 13.1 Å². The lowest BCUT2D eigenvalue weighted by molar-refractivity contribution is 0.201. The molecule has 0 N–H and O–H groups in total. The first-order chi connectivity index (χ1) is 19.2. The summed E-state index contributed by atoms with van der Waals surface area (Å²) < 4.78 is 8.18. The van der Waals surface area contributed by atoms with Crippen molar-refractivity contribution in [2.45, 2.75) is 71.4 Å². The number of ether oxygens (including phenoxy) is 1. The van der Waals surface area contributed by atoms with Crippen molar-refractivity contribution in [3.8, 4) is 28.1 Å². The molecule has 1 aliphatic heterocycles. The number of rotatable bonds is 11. The number of hydrogen-bond acceptors (Lipinski definition) is 2. The van der Waals surface area contributed by atoms with Gasteiger partial charge < -0.3 is 9.30 Å². The first kappa shape index (κ1) is 27.3. The van der Waals surface area contributed by atoms with E-state index in [-0.39, 0.29) is 0 Å². The van der Waals surface area contributed by atoms with Gasteiger partial charge in [0.05, 0.1) is 12.8 Å². The molecule has 0 amide bonds. The van der Waals surface area contributed by atoms with Gasteiger partial charge in [-0.2, -0.15) is 0 Å². The zero-order valence-electron chi connectivity index (χ0n) is 24.0. The lowest BCUT2D eigenvalue weighted by Crippen LogP contribution is -2.33. The maximum absolute atomic E-state index is 5.50. The highest BCUT2D eigenvalue weighted by molar-refractivity contribution is 5.83. The number of aromatic nitrogens is 1. The Morgan fingerprint density at radius 2 is 1.49 bits per heavy atom. The van der Waals surface area contributed by atoms with E-state index in [1.54, 1.807) is 7.11 Å². The molecule has 1 aromatic heterocycles. The summed E-state index contributed by atoms with van der Waals surface area (Å²) in [5.74, 6) is 1.49. The molecule has 39 heavy (non-hydrogen) atoms. The van der Waals surface area contributed by atoms with Gasteiger partial charge in [-0.25, -0.2) is 0 Å². The van der Waals surface area contributed by atoms with Crippen LogP contribution in [0.1, 0.15) is 68.2 Å². The van der Waals surface area contributed by atoms with Gasteiger partial charge in [-0.15, -0.1) is 0 Å². The first-order valence-corrected chi connectivity index (χ1v) is 14.9. The predicted octanol–water partition coefficient (Wildman–Crippen LogP) is 9.10. The van der Waals surface area contributed by atoms with Crippen molar-refractivity contribution in [3.63, 3.8) is 0 Å². The smallest absolute Gasteiger partial charge is 0.118 e. The molecule has 3 nitrogen and oxygen atoms in total. The molecule has 4 aromatic rings. The summed E-state index contributed by atoms with van der Waals surface area (Å²) in [6.07, 6.45) is 7.49. The number of unbranched alkanes of at least 4 members (excludes halogenated alkanes) is 3. The standard InChI is InChI=1S/C36H44N2O/c1-4-5-6-10-23-38-35(31-21-24-37(25-22-31)27-29-11-8-7-9-12-29)26-34(30-15-13-28(2)14-16-30)36(38)32-17-19-33(39-3)20-18-32/h7-9,11-20,26,31H,4-6,10,21-25,27H2,1-3H3. The van der Waals surface area contributed by atoms with Gasteiger partial charge in [-0.1, -0.05) is 86.3 Å². The van der Waals surface area contributed by atoms with E-state index in [1.165, 1.54) is 77.7 Å². The van der Waals surface area contributed by atoms with E-state index in [1.807, 2.05) is 0 Å². The Hall–Kier alpha value is -3.30. The Morgan fingerprint density at radius 3 is 2.15 bits per heavy atom. The van der Waals surface area contributed by atoms with Gasteiger partial charge in [0.25, 0.3) is 0 Å². The molecule has 0 bridgehead atoms. The Balaban J connectivity index is 1.50. The molecule has 0 unspecified atom stereocenters. The van der Waals surface area contributed by atoms with Crippen LogP contribution in [0, 0.1) is 6.92 Å². The van der Waals surface area contributed by atoms with Crippen LogP contribution in [0.5, 0.6) is 5.75 Å². The van der Waals surface area contributed by atoms with Gasteiger partial charge in [0, 0.05) is 30.3 Å². The fourth-order valence-electron chi connectivity index (χ4n) is 6.09. The number of benzene rings is 3. The summed E-state index contributed by atoms with van der Waals surface area (Å²) in [5, 5.41) is 0. The lowest BCUT2D eigenvalue weighted by Gasteiger charge is -2.33. The number of likely N-dealkylation sites (tertiary alicyclic amines) is 1. The molecule has 0 aliphatic carbocycles. The van der Waals surface area contributed by atoms with Gasteiger partial charge in [-0.05, 0) is 86.3 Å². The molecule has 3 heteroatoms. The van der Waals surface area contributed by atoms with Crippen LogP contribution >= 0.6 is 0 Å². The average Bonchev–Trinajstić information content (AvgIpc) is 3.36. The van der Waals surface area contributed by atoms with Crippen molar-refractivity contribution in [1.82, 2.24) is 9.47 Å². The fraction of sp³-hybridized carbons (Fsp3) is 0.389. The van der Waals surface area contributed by atoms with Crippen molar-refractivity contribution < 1.29 is 4.74 Å². The summed E-state index contributed by atoms with van der Waals surface area (Å²) in [4.78, 5) is 2.63. The van der Waals surface area contributed by atoms with Gasteiger partial charge in [-0.3, -0.25) is 4.90 Å². The van der Waals surface area contributed by atoms with E-state index in [0.29, 0.717) is 5.92 Å². The maximum Gasteiger partial charge on any atom is 0.118 e. The molecule has 0 radical (unpaired) electrons. The average molecular weight is 521 g/mol. The maximum atomic E-state index is 5.50. The third kappa shape index (κ3) is 6.65. The summed E-state index contributed by atoms with van der Waals surface area (Å²) in [6.45, 7) is 8.89. The summed E-state index contributed by atoms with van der Waals surface area (Å²) in [6, 6.07) is 31.2. The van der Waals surface area contributed by atoms with E-state index in [9.17, 15) is 0 Å². The van der Waals surface area contributed by atoms with E-state index in [0.717, 1.165) is 31.9 Å². The molecule has 1 fully saturated rings. The molecule has 3 aromatic carbocycles. The SMILES string of the molecule is CCCCCCn1c(C2CCN(Cc3ccccc3)CC2)cc(-c2ccc(C)cc2)c1-c1ccc(OC)cc1. The van der Waals surface area contributed by atoms with Crippen LogP contribution in [0.15, 0.2) is 84.9 Å². The highest BCUT2D eigenvalue weighted by atomic mass is 16.5. The second-order valence-corrected chi connectivity index (χ2v) is 11.2. The largest absolute Gasteiger partial charge is 0.497 e. The summed E-state index contributed by atoms with van der Waals surface area (Å²) >= 11 is 0. The topological polar surface area (TPSA) is 17.4 Å². The van der Waals surface area contributed by atoms with Crippen molar-refractivity contribution >= 4 is 0 Å². The Bertz CT molecular complexity index is 1300. The number of aryl methyl sites for hydroxylation is 1. The molecular formula is C36H44N2O. The minimum atomic E-state index is 0.583. The monoisotopic (exact) mass is 520 g/mol. The molecule has 1 aliphatic rings. The zero-order valence-corrected chi connectivity index (χ0v) is 24.0. The third-order valence-electron chi connectivity index (χ3n) is 8.35. The quantitative estimate of drug-likeness (QED) is 0.183. The van der Waals surface area contributed by atoms with E-state index >= 15 is 0 Å². The number of methoxy groups -OCH3 is 1. The van der Waals surface area contributed by atoms with Crippen molar-refractivity contribution in [2.24, 2.45) is 0 Å². The van der Waals surface area contributed by atoms with Gasteiger partial charge in [0.15, 0.2) is 0 Å². The zero-order chi connectivity index (χ0) is 27.0. The normalized spacial score (nSPS) is 14.5. The fourth-order valence-corrected chi connectivity index (χ4v) is 6.09. The third-order valence-corrected chi connectivity index (χ3v) is 8.35. The minimum Gasteiger partial charge on any atom is -0.497 e. The van der Waals surface area contributed by atoms with Crippen molar-refractivity contribution in [3.05, 3.63) is 102 Å². The Labute approximate surface area is 235 Å². The van der Waals surface area contributed by atoms with Crippen molar-refractivity contribution in [1.29, 1.82) is 0 Å². The lowest BCUT2D eigenvalue weighted by atomic mass is 9.92. The molecular weight excluding hydrogens is 476 g/mol. The summed E-state index contributed by atoms with van der Waals surface area (Å²) in [7, 11) is 1.74. The summed E-state index contributed by atoms with van der Waals surface area (Å²) in [5.41, 5.74) is 9.54. The molecule has 0 atom stereocenters. The van der Waals surface area contributed by atoms with Crippen molar-refractivity contribution in [2.75, 3.05) is 20.2 Å². The molecule has 0 saturated carbocycles. The van der Waals surface area contributed by atoms with Crippen LogP contribution in [-0.4, -0.2) is 29.7 Å². The van der Waals surface area contributed by atoms with Crippen LogP contribution < -0.4 is 4.74 Å². The van der Waals surface area contributed by atoms with E-state index < -0.39 is 0 Å². The van der Waals surface area contributed by atoms with Crippen LogP contribution in [0.4, 0.5) is 0 Å². The molecule has 1 saturated heterocycles. The number of hydrogen-bond donors (Lipinski definition) is 0. The van der Waals surface area contributed by atoms with Gasteiger partial charge >= 0.3 is 0 Å². The molecule has 5 rings (SSSR count). The highest BCUT2D eigenvalue weighted by Gasteiger charge is 2.27. The van der Waals surface area contributed by atoms with Gasteiger partial charge in [0.2, 0.25) is 0 Å². The molecule has 2 heterocycles. The number of piperidine rings is 1. The van der Waals surface area contributed by atoms with Crippen LogP contribution in [0.2, 0.25) is 0 Å². The predicted molar refractivity (Wildman–Crippen MR) is 164 cm³/mol. The minimum absolute atomic E-state index is 0.583. The van der Waals surface area contributed by atoms with E-state index in [2.05, 4.69) is 108 Å². The van der Waals surface area contributed by atoms with E-state index in [4.69, 9.17) is 4.74 Å². The highest BCUT2D eigenvalue weighted by Crippen LogP contribution is 2.41. The van der Waals surface area contributed by atoms with Crippen LogP contribution in [0.25, 0.3) is 22.4 Å². The molecule has 0 spiro atoms. The molecule has 204 valence electrons. The second-order valence-electron chi connectivity index (χ2n) is 11.2. The second kappa shape index (κ2) is 13.2. The van der Waals surface area contributed by atoms with Crippen LogP contribution in [0.3, 0.4) is 0 Å². The van der Waals surface area contributed by atoms with Gasteiger partial charge in [0.1, 0.15) is 5.75 Å².